The van der Waals surface area contributed by atoms with E-state index in [1.807, 2.05) is 44.2 Å². The lowest BCUT2D eigenvalue weighted by Crippen LogP contribution is -2.47. The van der Waals surface area contributed by atoms with Crippen molar-refractivity contribution in [3.05, 3.63) is 35.9 Å². The normalized spacial score (nSPS) is 13.8. The van der Waals surface area contributed by atoms with Crippen molar-refractivity contribution in [3.63, 3.8) is 0 Å². The molecule has 0 aromatic heterocycles. The Labute approximate surface area is 159 Å². The van der Waals surface area contributed by atoms with Gasteiger partial charge >= 0.3 is 12.1 Å². The Bertz CT molecular complexity index is 607. The van der Waals surface area contributed by atoms with Crippen LogP contribution in [0, 0.1) is 5.92 Å². The molecule has 0 heterocycles. The molecule has 0 aliphatic heterocycles. The molecule has 8 heteroatoms. The van der Waals surface area contributed by atoms with E-state index >= 15 is 0 Å². The summed E-state index contributed by atoms with van der Waals surface area (Å²) in [5, 5.41) is 14.9. The Balaban J connectivity index is 2.35. The number of carbonyl (C=O) groups is 3. The molecule has 0 aliphatic rings. The number of methoxy groups -OCH3 is 1. The number of esters is 1. The first-order chi connectivity index (χ1) is 12.9. The van der Waals surface area contributed by atoms with E-state index in [2.05, 4.69) is 10.6 Å². The Morgan fingerprint density at radius 3 is 2.44 bits per heavy atom. The van der Waals surface area contributed by atoms with Gasteiger partial charge in [-0.3, -0.25) is 4.79 Å². The standard InChI is InChI=1S/C19H28N2O6/c1-4-13(2)17(18(24)26-3)21-16(23)10-15(22)11-20-19(25)27-12-14-8-6-5-7-9-14/h5-9,13,15,17,22H,4,10-12H2,1-3H3,(H,20,25)(H,21,23)/t13-,15+,17+/m0/s1. The van der Waals surface area contributed by atoms with E-state index in [0.29, 0.717) is 6.42 Å². The van der Waals surface area contributed by atoms with Crippen molar-refractivity contribution in [2.24, 2.45) is 5.92 Å². The zero-order chi connectivity index (χ0) is 20.2. The Kier molecular flexibility index (Phi) is 9.89. The van der Waals surface area contributed by atoms with Crippen LogP contribution in [0.25, 0.3) is 0 Å². The van der Waals surface area contributed by atoms with Crippen LogP contribution in [-0.2, 0) is 25.7 Å². The number of hydrogen-bond acceptors (Lipinski definition) is 6. The fourth-order valence-electron chi connectivity index (χ4n) is 2.29. The predicted octanol–water partition coefficient (Wildman–Crippen LogP) is 1.37. The molecule has 27 heavy (non-hydrogen) atoms. The highest BCUT2D eigenvalue weighted by Crippen LogP contribution is 2.09. The second-order valence-electron chi connectivity index (χ2n) is 6.25. The van der Waals surface area contributed by atoms with Crippen molar-refractivity contribution in [1.82, 2.24) is 10.6 Å². The number of nitrogens with one attached hydrogen (secondary N) is 2. The summed E-state index contributed by atoms with van der Waals surface area (Å²) in [5.41, 5.74) is 0.839. The topological polar surface area (TPSA) is 114 Å². The molecule has 1 aromatic carbocycles. The van der Waals surface area contributed by atoms with E-state index < -0.39 is 30.1 Å². The average Bonchev–Trinajstić information content (AvgIpc) is 2.68. The zero-order valence-electron chi connectivity index (χ0n) is 15.9. The van der Waals surface area contributed by atoms with Crippen LogP contribution in [0.5, 0.6) is 0 Å². The van der Waals surface area contributed by atoms with Crippen molar-refractivity contribution < 1.29 is 29.0 Å². The third kappa shape index (κ3) is 8.54. The monoisotopic (exact) mass is 380 g/mol. The maximum absolute atomic E-state index is 12.0. The molecule has 0 fully saturated rings. The van der Waals surface area contributed by atoms with E-state index in [4.69, 9.17) is 9.47 Å². The number of aliphatic hydroxyl groups is 1. The number of aliphatic hydroxyl groups excluding tert-OH is 1. The number of rotatable bonds is 10. The number of alkyl carbamates (subject to hydrolysis) is 1. The zero-order valence-corrected chi connectivity index (χ0v) is 15.9. The van der Waals surface area contributed by atoms with Gasteiger partial charge in [-0.05, 0) is 11.5 Å². The van der Waals surface area contributed by atoms with E-state index in [0.717, 1.165) is 5.56 Å². The largest absolute Gasteiger partial charge is 0.467 e. The molecule has 3 atom stereocenters. The average molecular weight is 380 g/mol. The highest BCUT2D eigenvalue weighted by atomic mass is 16.5. The molecule has 0 aliphatic carbocycles. The summed E-state index contributed by atoms with van der Waals surface area (Å²) in [5.74, 6) is -1.14. The molecule has 8 nitrogen and oxygen atoms in total. The molecular formula is C19H28N2O6. The van der Waals surface area contributed by atoms with Gasteiger partial charge in [-0.15, -0.1) is 0 Å². The van der Waals surface area contributed by atoms with Crippen LogP contribution in [0.15, 0.2) is 30.3 Å². The molecule has 0 unspecified atom stereocenters. The molecule has 0 saturated heterocycles. The van der Waals surface area contributed by atoms with Gasteiger partial charge in [0.2, 0.25) is 5.91 Å². The first kappa shape index (κ1) is 22.4. The number of hydrogen-bond donors (Lipinski definition) is 3. The summed E-state index contributed by atoms with van der Waals surface area (Å²) in [6.45, 7) is 3.68. The molecule has 1 aromatic rings. The molecular weight excluding hydrogens is 352 g/mol. The Hall–Kier alpha value is -2.61. The van der Waals surface area contributed by atoms with Crippen LogP contribution in [0.1, 0.15) is 32.3 Å². The highest BCUT2D eigenvalue weighted by molar-refractivity contribution is 5.84. The SMILES string of the molecule is CC[C@H](C)[C@@H](NC(=O)C[C@@H](O)CNC(=O)OCc1ccccc1)C(=O)OC. The molecule has 150 valence electrons. The number of benzene rings is 1. The van der Waals surface area contributed by atoms with Crippen molar-refractivity contribution in [3.8, 4) is 0 Å². The predicted molar refractivity (Wildman–Crippen MR) is 98.7 cm³/mol. The summed E-state index contributed by atoms with van der Waals surface area (Å²) >= 11 is 0. The first-order valence-electron chi connectivity index (χ1n) is 8.87. The summed E-state index contributed by atoms with van der Waals surface area (Å²) in [6.07, 6.45) is -1.38. The van der Waals surface area contributed by atoms with Crippen LogP contribution < -0.4 is 10.6 Å². The molecule has 2 amide bonds. The quantitative estimate of drug-likeness (QED) is 0.528. The molecule has 0 bridgehead atoms. The second-order valence-corrected chi connectivity index (χ2v) is 6.25. The summed E-state index contributed by atoms with van der Waals surface area (Å²) < 4.78 is 9.71. The Morgan fingerprint density at radius 1 is 1.19 bits per heavy atom. The molecule has 3 N–H and O–H groups in total. The lowest BCUT2D eigenvalue weighted by atomic mass is 9.99. The number of amides is 2. The number of carbonyl (C=O) groups excluding carboxylic acids is 3. The van der Waals surface area contributed by atoms with Gasteiger partial charge in [0.1, 0.15) is 12.6 Å². The lowest BCUT2D eigenvalue weighted by Gasteiger charge is -2.22. The van der Waals surface area contributed by atoms with Gasteiger partial charge in [-0.25, -0.2) is 9.59 Å². The van der Waals surface area contributed by atoms with Crippen molar-refractivity contribution in [2.75, 3.05) is 13.7 Å². The van der Waals surface area contributed by atoms with Crippen LogP contribution in [0.3, 0.4) is 0 Å². The maximum Gasteiger partial charge on any atom is 0.407 e. The van der Waals surface area contributed by atoms with Crippen LogP contribution >= 0.6 is 0 Å². The molecule has 0 saturated carbocycles. The van der Waals surface area contributed by atoms with Crippen molar-refractivity contribution >= 4 is 18.0 Å². The van der Waals surface area contributed by atoms with Crippen LogP contribution in [0.2, 0.25) is 0 Å². The van der Waals surface area contributed by atoms with Crippen LogP contribution in [-0.4, -0.2) is 48.9 Å². The fraction of sp³-hybridized carbons (Fsp3) is 0.526. The lowest BCUT2D eigenvalue weighted by molar-refractivity contribution is -0.146. The minimum atomic E-state index is -1.11. The third-order valence-electron chi connectivity index (χ3n) is 4.10. The fourth-order valence-corrected chi connectivity index (χ4v) is 2.29. The minimum absolute atomic E-state index is 0.107. The van der Waals surface area contributed by atoms with Gasteiger partial charge in [0.25, 0.3) is 0 Å². The summed E-state index contributed by atoms with van der Waals surface area (Å²) in [4.78, 5) is 35.4. The van der Waals surface area contributed by atoms with Crippen molar-refractivity contribution in [1.29, 1.82) is 0 Å². The summed E-state index contributed by atoms with van der Waals surface area (Å²) in [7, 11) is 1.25. The van der Waals surface area contributed by atoms with Gasteiger partial charge in [0.15, 0.2) is 0 Å². The van der Waals surface area contributed by atoms with E-state index in [1.54, 1.807) is 0 Å². The molecule has 1 rings (SSSR count). The van der Waals surface area contributed by atoms with Gasteiger partial charge in [-0.2, -0.15) is 0 Å². The highest BCUT2D eigenvalue weighted by Gasteiger charge is 2.27. The Morgan fingerprint density at radius 2 is 1.85 bits per heavy atom. The van der Waals surface area contributed by atoms with Gasteiger partial charge in [0.05, 0.1) is 19.6 Å². The number of ether oxygens (including phenoxy) is 2. The summed E-state index contributed by atoms with van der Waals surface area (Å²) in [6, 6.07) is 8.39. The third-order valence-corrected chi connectivity index (χ3v) is 4.10. The van der Waals surface area contributed by atoms with Crippen molar-refractivity contribution in [2.45, 2.75) is 45.4 Å². The minimum Gasteiger partial charge on any atom is -0.467 e. The van der Waals surface area contributed by atoms with E-state index in [9.17, 15) is 19.5 Å². The second kappa shape index (κ2) is 11.9. The molecule has 0 radical (unpaired) electrons. The van der Waals surface area contributed by atoms with Gasteiger partial charge in [0, 0.05) is 6.54 Å². The van der Waals surface area contributed by atoms with Gasteiger partial charge in [-0.1, -0.05) is 50.6 Å². The molecule has 0 spiro atoms. The smallest absolute Gasteiger partial charge is 0.407 e. The maximum atomic E-state index is 12.0. The van der Waals surface area contributed by atoms with Gasteiger partial charge < -0.3 is 25.2 Å². The first-order valence-corrected chi connectivity index (χ1v) is 8.87. The van der Waals surface area contributed by atoms with Crippen LogP contribution in [0.4, 0.5) is 4.79 Å². The van der Waals surface area contributed by atoms with E-state index in [-0.39, 0.29) is 25.5 Å². The van der Waals surface area contributed by atoms with E-state index in [1.165, 1.54) is 7.11 Å².